The molecule has 21 heavy (non-hydrogen) atoms. The summed E-state index contributed by atoms with van der Waals surface area (Å²) in [5, 5.41) is 3.81. The first-order chi connectivity index (χ1) is 10.3. The predicted octanol–water partition coefficient (Wildman–Crippen LogP) is 5.73. The molecule has 0 saturated heterocycles. The summed E-state index contributed by atoms with van der Waals surface area (Å²) >= 11 is 0. The Morgan fingerprint density at radius 3 is 2.43 bits per heavy atom. The highest BCUT2D eigenvalue weighted by Crippen LogP contribution is 2.31. The normalized spacial score (nSPS) is 22.5. The fourth-order valence-corrected chi connectivity index (χ4v) is 3.33. The quantitative estimate of drug-likeness (QED) is 0.707. The van der Waals surface area contributed by atoms with E-state index < -0.39 is 0 Å². The summed E-state index contributed by atoms with van der Waals surface area (Å²) in [6, 6.07) is 20.0. The molecule has 110 valence electrons. The van der Waals surface area contributed by atoms with Crippen molar-refractivity contribution < 1.29 is 0 Å². The van der Waals surface area contributed by atoms with Crippen molar-refractivity contribution in [1.29, 1.82) is 0 Å². The Hall–Kier alpha value is -1.76. The molecule has 0 aliphatic heterocycles. The van der Waals surface area contributed by atoms with Gasteiger partial charge < -0.3 is 5.32 Å². The zero-order chi connectivity index (χ0) is 14.5. The Bertz CT molecular complexity index is 561. The van der Waals surface area contributed by atoms with E-state index in [1.165, 1.54) is 48.9 Å². The molecule has 1 aliphatic carbocycles. The number of rotatable bonds is 3. The van der Waals surface area contributed by atoms with Crippen molar-refractivity contribution in [3.05, 3.63) is 54.6 Å². The zero-order valence-electron chi connectivity index (χ0n) is 12.9. The highest BCUT2D eigenvalue weighted by atomic mass is 14.9. The first-order valence-corrected chi connectivity index (χ1v) is 8.24. The lowest BCUT2D eigenvalue weighted by Gasteiger charge is -2.20. The van der Waals surface area contributed by atoms with E-state index in [1.807, 2.05) is 0 Å². The molecule has 0 radical (unpaired) electrons. The van der Waals surface area contributed by atoms with Gasteiger partial charge in [0.05, 0.1) is 0 Å². The van der Waals surface area contributed by atoms with Gasteiger partial charge in [-0.3, -0.25) is 0 Å². The van der Waals surface area contributed by atoms with E-state index in [9.17, 15) is 0 Å². The van der Waals surface area contributed by atoms with E-state index >= 15 is 0 Å². The van der Waals surface area contributed by atoms with Crippen molar-refractivity contribution in [2.75, 3.05) is 5.32 Å². The zero-order valence-corrected chi connectivity index (χ0v) is 12.9. The summed E-state index contributed by atoms with van der Waals surface area (Å²) < 4.78 is 0. The Balaban J connectivity index is 1.79. The highest BCUT2D eigenvalue weighted by molar-refractivity contribution is 5.77. The topological polar surface area (TPSA) is 12.0 Å². The van der Waals surface area contributed by atoms with Gasteiger partial charge in [-0.2, -0.15) is 0 Å². The second kappa shape index (κ2) is 6.80. The van der Waals surface area contributed by atoms with Crippen molar-refractivity contribution in [2.45, 2.75) is 45.1 Å². The van der Waals surface area contributed by atoms with E-state index in [-0.39, 0.29) is 0 Å². The summed E-state index contributed by atoms with van der Waals surface area (Å²) in [5.74, 6) is 0.890. The number of anilines is 1. The lowest BCUT2D eigenvalue weighted by atomic mass is 10.0. The minimum absolute atomic E-state index is 0.625. The van der Waals surface area contributed by atoms with Crippen LogP contribution in [-0.4, -0.2) is 6.04 Å². The van der Waals surface area contributed by atoms with E-state index in [2.05, 4.69) is 66.8 Å². The van der Waals surface area contributed by atoms with Gasteiger partial charge in [0.15, 0.2) is 0 Å². The third-order valence-corrected chi connectivity index (χ3v) is 4.63. The number of hydrogen-bond donors (Lipinski definition) is 1. The van der Waals surface area contributed by atoms with Crippen LogP contribution >= 0.6 is 0 Å². The first-order valence-electron chi connectivity index (χ1n) is 8.24. The summed E-state index contributed by atoms with van der Waals surface area (Å²) in [6.45, 7) is 2.39. The van der Waals surface area contributed by atoms with E-state index in [0.29, 0.717) is 6.04 Å². The molecule has 1 saturated carbocycles. The van der Waals surface area contributed by atoms with Crippen molar-refractivity contribution in [2.24, 2.45) is 5.92 Å². The van der Waals surface area contributed by atoms with Crippen molar-refractivity contribution in [1.82, 2.24) is 0 Å². The van der Waals surface area contributed by atoms with Crippen molar-refractivity contribution >= 4 is 5.69 Å². The standard InChI is InChI=1S/C20H25N/c1-16-8-7-11-18(15-14-16)21-20-13-6-5-12-19(20)17-9-3-2-4-10-17/h2-6,9-10,12-13,16,18,21H,7-8,11,14-15H2,1H3. The maximum atomic E-state index is 3.81. The van der Waals surface area contributed by atoms with Gasteiger partial charge in [0.2, 0.25) is 0 Å². The highest BCUT2D eigenvalue weighted by Gasteiger charge is 2.17. The third-order valence-electron chi connectivity index (χ3n) is 4.63. The van der Waals surface area contributed by atoms with Crippen molar-refractivity contribution in [3.63, 3.8) is 0 Å². The first kappa shape index (κ1) is 14.2. The van der Waals surface area contributed by atoms with Crippen LogP contribution in [0.15, 0.2) is 54.6 Å². The Morgan fingerprint density at radius 1 is 0.810 bits per heavy atom. The smallest absolute Gasteiger partial charge is 0.0422 e. The van der Waals surface area contributed by atoms with Crippen LogP contribution in [0.3, 0.4) is 0 Å². The molecule has 2 unspecified atom stereocenters. The molecule has 0 aromatic heterocycles. The second-order valence-electron chi connectivity index (χ2n) is 6.37. The maximum Gasteiger partial charge on any atom is 0.0422 e. The number of hydrogen-bond acceptors (Lipinski definition) is 1. The van der Waals surface area contributed by atoms with Gasteiger partial charge in [0.25, 0.3) is 0 Å². The fraction of sp³-hybridized carbons (Fsp3) is 0.400. The minimum atomic E-state index is 0.625. The average molecular weight is 279 g/mol. The maximum absolute atomic E-state index is 3.81. The summed E-state index contributed by atoms with van der Waals surface area (Å²) in [7, 11) is 0. The molecule has 2 atom stereocenters. The summed E-state index contributed by atoms with van der Waals surface area (Å²) in [6.07, 6.45) is 6.69. The van der Waals surface area contributed by atoms with Gasteiger partial charge in [0.1, 0.15) is 0 Å². The molecule has 0 spiro atoms. The average Bonchev–Trinajstić information content (AvgIpc) is 2.73. The van der Waals surface area contributed by atoms with Crippen LogP contribution in [0.1, 0.15) is 39.0 Å². The molecule has 1 heteroatoms. The second-order valence-corrected chi connectivity index (χ2v) is 6.37. The van der Waals surface area contributed by atoms with Crippen LogP contribution in [0.5, 0.6) is 0 Å². The largest absolute Gasteiger partial charge is 0.382 e. The van der Waals surface area contributed by atoms with Crippen LogP contribution < -0.4 is 5.32 Å². The molecule has 0 amide bonds. The molecular formula is C20H25N. The van der Waals surface area contributed by atoms with Gasteiger partial charge in [-0.1, -0.05) is 68.3 Å². The van der Waals surface area contributed by atoms with Crippen molar-refractivity contribution in [3.8, 4) is 11.1 Å². The van der Waals surface area contributed by atoms with Crippen LogP contribution in [0, 0.1) is 5.92 Å². The molecule has 1 aliphatic rings. The molecule has 1 nitrogen and oxygen atoms in total. The molecular weight excluding hydrogens is 254 g/mol. The third kappa shape index (κ3) is 3.66. The van der Waals surface area contributed by atoms with E-state index in [4.69, 9.17) is 0 Å². The minimum Gasteiger partial charge on any atom is -0.382 e. The van der Waals surface area contributed by atoms with Gasteiger partial charge in [-0.05, 0) is 36.8 Å². The van der Waals surface area contributed by atoms with Crippen LogP contribution in [0.4, 0.5) is 5.69 Å². The predicted molar refractivity (Wildman–Crippen MR) is 91.5 cm³/mol. The number of para-hydroxylation sites is 1. The Morgan fingerprint density at radius 2 is 1.57 bits per heavy atom. The monoisotopic (exact) mass is 279 g/mol. The van der Waals surface area contributed by atoms with Crippen LogP contribution in [0.25, 0.3) is 11.1 Å². The summed E-state index contributed by atoms with van der Waals surface area (Å²) in [4.78, 5) is 0. The number of benzene rings is 2. The summed E-state index contributed by atoms with van der Waals surface area (Å²) in [5.41, 5.74) is 3.89. The SMILES string of the molecule is CC1CCCC(Nc2ccccc2-c2ccccc2)CC1. The Kier molecular flexibility index (Phi) is 4.59. The molecule has 2 aromatic rings. The van der Waals surface area contributed by atoms with Gasteiger partial charge in [-0.25, -0.2) is 0 Å². The molecule has 0 bridgehead atoms. The Labute approximate surface area is 128 Å². The van der Waals surface area contributed by atoms with Crippen LogP contribution in [0.2, 0.25) is 0 Å². The molecule has 0 heterocycles. The van der Waals surface area contributed by atoms with E-state index in [0.717, 1.165) is 5.92 Å². The fourth-order valence-electron chi connectivity index (χ4n) is 3.33. The number of nitrogens with one attached hydrogen (secondary N) is 1. The van der Waals surface area contributed by atoms with Gasteiger partial charge >= 0.3 is 0 Å². The molecule has 3 rings (SSSR count). The van der Waals surface area contributed by atoms with Crippen LogP contribution in [-0.2, 0) is 0 Å². The van der Waals surface area contributed by atoms with Gasteiger partial charge in [0, 0.05) is 17.3 Å². The molecule has 1 N–H and O–H groups in total. The van der Waals surface area contributed by atoms with Gasteiger partial charge in [-0.15, -0.1) is 0 Å². The lowest BCUT2D eigenvalue weighted by molar-refractivity contribution is 0.502. The van der Waals surface area contributed by atoms with E-state index in [1.54, 1.807) is 0 Å². The molecule has 1 fully saturated rings. The lowest BCUT2D eigenvalue weighted by Crippen LogP contribution is -2.18. The molecule has 2 aromatic carbocycles.